The van der Waals surface area contributed by atoms with E-state index in [1.807, 2.05) is 60.9 Å². The van der Waals surface area contributed by atoms with Crippen molar-refractivity contribution in [1.29, 1.82) is 0 Å². The predicted molar refractivity (Wildman–Crippen MR) is 159 cm³/mol. The van der Waals surface area contributed by atoms with Gasteiger partial charge in [0, 0.05) is 10.5 Å². The molecule has 3 aromatic carbocycles. The molecule has 204 valence electrons. The first-order valence-electron chi connectivity index (χ1n) is 12.3. The Morgan fingerprint density at radius 2 is 1.90 bits per heavy atom. The van der Waals surface area contributed by atoms with E-state index in [4.69, 9.17) is 26.1 Å². The number of carbonyl (C=O) groups is 1. The molecule has 1 aliphatic heterocycles. The van der Waals surface area contributed by atoms with Crippen molar-refractivity contribution < 1.29 is 19.4 Å². The summed E-state index contributed by atoms with van der Waals surface area (Å²) >= 11 is 9.00. The summed E-state index contributed by atoms with van der Waals surface area (Å²) in [4.78, 5) is 33.9. The number of thioether (sulfide) groups is 1. The molecular weight excluding hydrogens is 568 g/mol. The van der Waals surface area contributed by atoms with Crippen LogP contribution in [0, 0.1) is 0 Å². The molecule has 1 aliphatic rings. The van der Waals surface area contributed by atoms with Gasteiger partial charge < -0.3 is 14.6 Å². The number of halogens is 1. The normalized spacial score (nSPS) is 15.0. The van der Waals surface area contributed by atoms with Crippen molar-refractivity contribution in [3.8, 4) is 11.5 Å². The molecule has 0 unspecified atom stereocenters. The number of nitrogens with zero attached hydrogens (tertiary/aromatic N) is 2. The molecule has 10 heteroatoms. The van der Waals surface area contributed by atoms with Crippen LogP contribution in [0.15, 0.2) is 87.0 Å². The molecule has 0 bridgehead atoms. The summed E-state index contributed by atoms with van der Waals surface area (Å²) < 4.78 is 12.7. The van der Waals surface area contributed by atoms with Crippen molar-refractivity contribution in [1.82, 2.24) is 4.57 Å². The van der Waals surface area contributed by atoms with E-state index in [9.17, 15) is 14.7 Å². The summed E-state index contributed by atoms with van der Waals surface area (Å²) in [5, 5.41) is 10.2. The number of esters is 1. The number of ether oxygens (including phenoxy) is 2. The second kappa shape index (κ2) is 11.8. The summed E-state index contributed by atoms with van der Waals surface area (Å²) in [5.41, 5.74) is 2.49. The summed E-state index contributed by atoms with van der Waals surface area (Å²) in [6.07, 6.45) is 3.65. The lowest BCUT2D eigenvalue weighted by Gasteiger charge is -2.26. The van der Waals surface area contributed by atoms with Crippen LogP contribution in [-0.4, -0.2) is 35.6 Å². The molecule has 0 radical (unpaired) electrons. The fourth-order valence-electron chi connectivity index (χ4n) is 4.53. The van der Waals surface area contributed by atoms with Gasteiger partial charge in [0.1, 0.15) is 0 Å². The van der Waals surface area contributed by atoms with Crippen molar-refractivity contribution in [3.05, 3.63) is 114 Å². The number of carbonyl (C=O) groups excluding carboxylic acids is 1. The Kier molecular flexibility index (Phi) is 8.16. The third-order valence-corrected chi connectivity index (χ3v) is 8.39. The number of phenolic OH excluding ortho intramolecular Hbond substituents is 1. The Morgan fingerprint density at radius 3 is 2.55 bits per heavy atom. The summed E-state index contributed by atoms with van der Waals surface area (Å²) in [6, 6.07) is 19.6. The highest BCUT2D eigenvalue weighted by Gasteiger charge is 2.35. The zero-order valence-corrected chi connectivity index (χ0v) is 24.3. The Labute approximate surface area is 243 Å². The number of phenols is 1. The van der Waals surface area contributed by atoms with Gasteiger partial charge >= 0.3 is 5.97 Å². The van der Waals surface area contributed by atoms with E-state index in [2.05, 4.69) is 0 Å². The molecule has 7 nitrogen and oxygen atoms in total. The van der Waals surface area contributed by atoms with Crippen LogP contribution >= 0.6 is 34.7 Å². The maximum Gasteiger partial charge on any atom is 0.338 e. The number of methoxy groups -OCH3 is 1. The van der Waals surface area contributed by atoms with E-state index >= 15 is 0 Å². The molecule has 2 heterocycles. The van der Waals surface area contributed by atoms with Gasteiger partial charge in [0.05, 0.1) is 40.6 Å². The van der Waals surface area contributed by atoms with Crippen LogP contribution in [0.3, 0.4) is 0 Å². The Balaban J connectivity index is 1.81. The van der Waals surface area contributed by atoms with Crippen molar-refractivity contribution in [2.24, 2.45) is 4.99 Å². The van der Waals surface area contributed by atoms with E-state index in [0.717, 1.165) is 16.0 Å². The van der Waals surface area contributed by atoms with Crippen LogP contribution in [0.5, 0.6) is 11.5 Å². The highest BCUT2D eigenvalue weighted by molar-refractivity contribution is 7.98. The van der Waals surface area contributed by atoms with E-state index < -0.39 is 12.0 Å². The third kappa shape index (κ3) is 5.20. The molecule has 0 saturated carbocycles. The molecule has 1 aromatic heterocycles. The monoisotopic (exact) mass is 592 g/mol. The van der Waals surface area contributed by atoms with E-state index in [1.54, 1.807) is 41.5 Å². The Morgan fingerprint density at radius 1 is 1.18 bits per heavy atom. The van der Waals surface area contributed by atoms with Gasteiger partial charge in [-0.15, -0.1) is 11.8 Å². The SMILES string of the molecule is CCOC(=O)C1=C(c2ccccc2)N=c2s/c(=C\c3cc(Cl)c(O)c(OC)c3)c(=O)n2[C@@H]1c1ccc(SC)cc1. The average Bonchev–Trinajstić information content (AvgIpc) is 3.28. The quantitative estimate of drug-likeness (QED) is 0.239. The van der Waals surface area contributed by atoms with Crippen LogP contribution in [0.2, 0.25) is 5.02 Å². The molecule has 1 atom stereocenters. The van der Waals surface area contributed by atoms with Crippen molar-refractivity contribution in [3.63, 3.8) is 0 Å². The summed E-state index contributed by atoms with van der Waals surface area (Å²) in [7, 11) is 1.42. The number of aromatic hydroxyl groups is 1. The first kappa shape index (κ1) is 27.8. The maximum atomic E-state index is 14.0. The molecule has 40 heavy (non-hydrogen) atoms. The van der Waals surface area contributed by atoms with Crippen molar-refractivity contribution in [2.45, 2.75) is 17.9 Å². The fourth-order valence-corrected chi connectivity index (χ4v) is 6.15. The van der Waals surface area contributed by atoms with Gasteiger partial charge in [-0.25, -0.2) is 9.79 Å². The fraction of sp³-hybridized carbons (Fsp3) is 0.167. The van der Waals surface area contributed by atoms with Crippen molar-refractivity contribution in [2.75, 3.05) is 20.0 Å². The summed E-state index contributed by atoms with van der Waals surface area (Å²) in [6.45, 7) is 1.92. The number of thiazole rings is 1. The molecule has 0 fully saturated rings. The topological polar surface area (TPSA) is 90.1 Å². The molecule has 0 spiro atoms. The average molecular weight is 593 g/mol. The zero-order chi connectivity index (χ0) is 28.4. The number of rotatable bonds is 7. The smallest absolute Gasteiger partial charge is 0.338 e. The largest absolute Gasteiger partial charge is 0.503 e. The maximum absolute atomic E-state index is 14.0. The number of benzene rings is 3. The minimum absolute atomic E-state index is 0.0982. The summed E-state index contributed by atoms with van der Waals surface area (Å²) in [5.74, 6) is -0.523. The van der Waals surface area contributed by atoms with Gasteiger partial charge in [-0.2, -0.15) is 0 Å². The molecule has 4 aromatic rings. The van der Waals surface area contributed by atoms with Gasteiger partial charge in [0.2, 0.25) is 0 Å². The van der Waals surface area contributed by atoms with Crippen LogP contribution in [0.25, 0.3) is 11.8 Å². The molecule has 0 amide bonds. The minimum atomic E-state index is -0.762. The molecule has 0 saturated heterocycles. The Hall–Kier alpha value is -3.79. The molecule has 5 rings (SSSR count). The van der Waals surface area contributed by atoms with Crippen molar-refractivity contribution >= 4 is 52.4 Å². The van der Waals surface area contributed by atoms with E-state index in [-0.39, 0.29) is 28.7 Å². The van der Waals surface area contributed by atoms with Gasteiger partial charge in [-0.3, -0.25) is 9.36 Å². The van der Waals surface area contributed by atoms with Gasteiger partial charge in [-0.1, -0.05) is 65.4 Å². The minimum Gasteiger partial charge on any atom is -0.503 e. The van der Waals surface area contributed by atoms with E-state index in [1.165, 1.54) is 18.4 Å². The lowest BCUT2D eigenvalue weighted by Crippen LogP contribution is -2.40. The third-order valence-electron chi connectivity index (χ3n) is 6.37. The zero-order valence-electron chi connectivity index (χ0n) is 21.9. The number of aromatic nitrogens is 1. The molecule has 1 N–H and O–H groups in total. The lowest BCUT2D eigenvalue weighted by molar-refractivity contribution is -0.138. The number of hydrogen-bond donors (Lipinski definition) is 1. The number of fused-ring (bicyclic) bond motifs is 1. The first-order chi connectivity index (χ1) is 19.4. The van der Waals surface area contributed by atoms with Crippen LogP contribution < -0.4 is 19.6 Å². The van der Waals surface area contributed by atoms with E-state index in [0.29, 0.717) is 26.2 Å². The van der Waals surface area contributed by atoms with Crippen LogP contribution in [-0.2, 0) is 9.53 Å². The highest BCUT2D eigenvalue weighted by Crippen LogP contribution is 2.37. The second-order valence-corrected chi connectivity index (χ2v) is 11.1. The molecular formula is C30H25ClN2O5S2. The number of hydrogen-bond acceptors (Lipinski definition) is 8. The molecule has 0 aliphatic carbocycles. The Bertz CT molecular complexity index is 1790. The van der Waals surface area contributed by atoms with Gasteiger partial charge in [0.15, 0.2) is 16.3 Å². The first-order valence-corrected chi connectivity index (χ1v) is 14.8. The van der Waals surface area contributed by atoms with Gasteiger partial charge in [-0.05, 0) is 54.6 Å². The van der Waals surface area contributed by atoms with Crippen LogP contribution in [0.4, 0.5) is 0 Å². The standard InChI is InChI=1S/C30H25ClN2O5S2/c1-4-38-29(36)24-25(18-8-6-5-7-9-18)32-30-33(26(24)19-10-12-20(39-3)13-11-19)28(35)23(40-30)16-17-14-21(31)27(34)22(15-17)37-2/h5-16,26,34H,4H2,1-3H3/b23-16-/t26-/m1/s1. The second-order valence-electron chi connectivity index (χ2n) is 8.76. The lowest BCUT2D eigenvalue weighted by atomic mass is 9.93. The van der Waals surface area contributed by atoms with Crippen LogP contribution in [0.1, 0.15) is 29.7 Å². The highest BCUT2D eigenvalue weighted by atomic mass is 35.5. The van der Waals surface area contributed by atoms with Gasteiger partial charge in [0.25, 0.3) is 5.56 Å². The predicted octanol–water partition coefficient (Wildman–Crippen LogP) is 5.03.